The number of hydrogen-bond donors (Lipinski definition) is 1. The van der Waals surface area contributed by atoms with Crippen LogP contribution in [0.1, 0.15) is 25.3 Å². The molecule has 0 saturated heterocycles. The standard InChI is InChI=1S/C12H18FN/c1-2-3-8-14-9-7-11-5-4-6-12(13)10-11/h4-6,10,14H,2-3,7-9H2,1H3. The highest BCUT2D eigenvalue weighted by atomic mass is 19.1. The minimum atomic E-state index is -0.143. The molecule has 1 rings (SSSR count). The van der Waals surface area contributed by atoms with E-state index in [1.165, 1.54) is 18.9 Å². The second-order valence-electron chi connectivity index (χ2n) is 3.48. The molecule has 1 N–H and O–H groups in total. The minimum Gasteiger partial charge on any atom is -0.316 e. The van der Waals surface area contributed by atoms with Crippen LogP contribution in [0.4, 0.5) is 4.39 Å². The zero-order chi connectivity index (χ0) is 10.2. The van der Waals surface area contributed by atoms with Crippen molar-refractivity contribution < 1.29 is 4.39 Å². The number of nitrogens with one attached hydrogen (secondary N) is 1. The topological polar surface area (TPSA) is 12.0 Å². The van der Waals surface area contributed by atoms with E-state index in [-0.39, 0.29) is 5.82 Å². The lowest BCUT2D eigenvalue weighted by atomic mass is 10.1. The zero-order valence-electron chi connectivity index (χ0n) is 8.72. The summed E-state index contributed by atoms with van der Waals surface area (Å²) in [5, 5.41) is 3.33. The van der Waals surface area contributed by atoms with Crippen molar-refractivity contribution in [2.24, 2.45) is 0 Å². The summed E-state index contributed by atoms with van der Waals surface area (Å²) in [7, 11) is 0. The van der Waals surface area contributed by atoms with Crippen LogP contribution in [0.2, 0.25) is 0 Å². The molecule has 2 heteroatoms. The van der Waals surface area contributed by atoms with Gasteiger partial charge in [0.25, 0.3) is 0 Å². The van der Waals surface area contributed by atoms with Crippen molar-refractivity contribution >= 4 is 0 Å². The molecule has 14 heavy (non-hydrogen) atoms. The van der Waals surface area contributed by atoms with E-state index in [1.807, 2.05) is 6.07 Å². The Labute approximate surface area is 85.3 Å². The van der Waals surface area contributed by atoms with Crippen molar-refractivity contribution in [1.82, 2.24) is 5.32 Å². The van der Waals surface area contributed by atoms with Gasteiger partial charge in [0, 0.05) is 0 Å². The summed E-state index contributed by atoms with van der Waals surface area (Å²) in [6, 6.07) is 6.80. The summed E-state index contributed by atoms with van der Waals surface area (Å²) in [6.07, 6.45) is 3.33. The maximum Gasteiger partial charge on any atom is 0.123 e. The second-order valence-corrected chi connectivity index (χ2v) is 3.48. The molecule has 0 unspecified atom stereocenters. The van der Waals surface area contributed by atoms with Crippen LogP contribution in [-0.4, -0.2) is 13.1 Å². The molecule has 0 radical (unpaired) electrons. The summed E-state index contributed by atoms with van der Waals surface area (Å²) in [4.78, 5) is 0. The molecule has 0 aliphatic heterocycles. The minimum absolute atomic E-state index is 0.143. The number of rotatable bonds is 6. The maximum absolute atomic E-state index is 12.8. The first-order valence-corrected chi connectivity index (χ1v) is 5.28. The van der Waals surface area contributed by atoms with E-state index in [0.29, 0.717) is 0 Å². The van der Waals surface area contributed by atoms with Crippen LogP contribution in [0.25, 0.3) is 0 Å². The molecule has 0 spiro atoms. The van der Waals surface area contributed by atoms with E-state index >= 15 is 0 Å². The first kappa shape index (κ1) is 11.2. The van der Waals surface area contributed by atoms with Crippen molar-refractivity contribution in [3.8, 4) is 0 Å². The van der Waals surface area contributed by atoms with E-state index in [9.17, 15) is 4.39 Å². The van der Waals surface area contributed by atoms with Crippen molar-refractivity contribution in [3.05, 3.63) is 35.6 Å². The third-order valence-corrected chi connectivity index (χ3v) is 2.19. The van der Waals surface area contributed by atoms with E-state index in [4.69, 9.17) is 0 Å². The lowest BCUT2D eigenvalue weighted by molar-refractivity contribution is 0.618. The Morgan fingerprint density at radius 2 is 2.14 bits per heavy atom. The van der Waals surface area contributed by atoms with E-state index in [0.717, 1.165) is 25.1 Å². The third kappa shape index (κ3) is 4.38. The van der Waals surface area contributed by atoms with Crippen LogP contribution in [0, 0.1) is 5.82 Å². The molecule has 0 fully saturated rings. The fourth-order valence-corrected chi connectivity index (χ4v) is 1.35. The lowest BCUT2D eigenvalue weighted by Gasteiger charge is -2.03. The number of hydrogen-bond acceptors (Lipinski definition) is 1. The van der Waals surface area contributed by atoms with Crippen LogP contribution >= 0.6 is 0 Å². The molecule has 1 nitrogen and oxygen atoms in total. The van der Waals surface area contributed by atoms with Crippen LogP contribution in [0.5, 0.6) is 0 Å². The molecule has 0 amide bonds. The van der Waals surface area contributed by atoms with E-state index < -0.39 is 0 Å². The third-order valence-electron chi connectivity index (χ3n) is 2.19. The van der Waals surface area contributed by atoms with Gasteiger partial charge in [-0.05, 0) is 43.6 Å². The Morgan fingerprint density at radius 1 is 1.29 bits per heavy atom. The molecule has 1 aromatic carbocycles. The van der Waals surface area contributed by atoms with Gasteiger partial charge >= 0.3 is 0 Å². The summed E-state index contributed by atoms with van der Waals surface area (Å²) >= 11 is 0. The van der Waals surface area contributed by atoms with Gasteiger partial charge < -0.3 is 5.32 Å². The summed E-state index contributed by atoms with van der Waals surface area (Å²) in [5.41, 5.74) is 1.06. The van der Waals surface area contributed by atoms with Gasteiger partial charge in [0.15, 0.2) is 0 Å². The highest BCUT2D eigenvalue weighted by molar-refractivity contribution is 5.16. The second kappa shape index (κ2) is 6.55. The predicted octanol–water partition coefficient (Wildman–Crippen LogP) is 2.76. The molecule has 0 aliphatic carbocycles. The van der Waals surface area contributed by atoms with Crippen LogP contribution in [0.3, 0.4) is 0 Å². The van der Waals surface area contributed by atoms with E-state index in [1.54, 1.807) is 12.1 Å². The predicted molar refractivity (Wildman–Crippen MR) is 57.9 cm³/mol. The quantitative estimate of drug-likeness (QED) is 0.688. The van der Waals surface area contributed by atoms with Gasteiger partial charge in [0.2, 0.25) is 0 Å². The fraction of sp³-hybridized carbons (Fsp3) is 0.500. The molecule has 0 saturated carbocycles. The Bertz CT molecular complexity index is 260. The van der Waals surface area contributed by atoms with Crippen molar-refractivity contribution in [2.75, 3.05) is 13.1 Å². The van der Waals surface area contributed by atoms with Crippen LogP contribution in [0.15, 0.2) is 24.3 Å². The Kier molecular flexibility index (Phi) is 5.23. The number of halogens is 1. The maximum atomic E-state index is 12.8. The SMILES string of the molecule is CCCCNCCc1cccc(F)c1. The monoisotopic (exact) mass is 195 g/mol. The normalized spacial score (nSPS) is 10.4. The molecular weight excluding hydrogens is 177 g/mol. The van der Waals surface area contributed by atoms with Gasteiger partial charge in [0.1, 0.15) is 5.82 Å². The molecule has 0 aromatic heterocycles. The molecule has 0 bridgehead atoms. The Balaban J connectivity index is 2.18. The highest BCUT2D eigenvalue weighted by Crippen LogP contribution is 2.03. The van der Waals surface area contributed by atoms with Crippen molar-refractivity contribution in [3.63, 3.8) is 0 Å². The van der Waals surface area contributed by atoms with Gasteiger partial charge in [-0.2, -0.15) is 0 Å². The number of unbranched alkanes of at least 4 members (excludes halogenated alkanes) is 1. The average molecular weight is 195 g/mol. The van der Waals surface area contributed by atoms with Gasteiger partial charge in [-0.3, -0.25) is 0 Å². The van der Waals surface area contributed by atoms with Crippen LogP contribution in [-0.2, 0) is 6.42 Å². The Hall–Kier alpha value is -0.890. The lowest BCUT2D eigenvalue weighted by Crippen LogP contribution is -2.18. The molecular formula is C12H18FN. The zero-order valence-corrected chi connectivity index (χ0v) is 8.72. The fourth-order valence-electron chi connectivity index (χ4n) is 1.35. The summed E-state index contributed by atoms with van der Waals surface area (Å²) in [6.45, 7) is 4.17. The smallest absolute Gasteiger partial charge is 0.123 e. The van der Waals surface area contributed by atoms with E-state index in [2.05, 4.69) is 12.2 Å². The van der Waals surface area contributed by atoms with Crippen molar-refractivity contribution in [1.29, 1.82) is 0 Å². The van der Waals surface area contributed by atoms with Crippen molar-refractivity contribution in [2.45, 2.75) is 26.2 Å². The molecule has 78 valence electrons. The summed E-state index contributed by atoms with van der Waals surface area (Å²) < 4.78 is 12.8. The van der Waals surface area contributed by atoms with Gasteiger partial charge in [-0.15, -0.1) is 0 Å². The molecule has 1 aromatic rings. The average Bonchev–Trinajstić information content (AvgIpc) is 2.18. The van der Waals surface area contributed by atoms with Gasteiger partial charge in [0.05, 0.1) is 0 Å². The molecule has 0 aliphatic rings. The highest BCUT2D eigenvalue weighted by Gasteiger charge is 1.94. The molecule has 0 atom stereocenters. The first-order chi connectivity index (χ1) is 6.83. The van der Waals surface area contributed by atoms with Gasteiger partial charge in [-0.1, -0.05) is 25.5 Å². The first-order valence-electron chi connectivity index (χ1n) is 5.28. The number of benzene rings is 1. The van der Waals surface area contributed by atoms with Gasteiger partial charge in [-0.25, -0.2) is 4.39 Å². The van der Waals surface area contributed by atoms with Crippen LogP contribution < -0.4 is 5.32 Å². The largest absolute Gasteiger partial charge is 0.316 e. The molecule has 0 heterocycles. The Morgan fingerprint density at radius 3 is 2.86 bits per heavy atom. The summed E-state index contributed by atoms with van der Waals surface area (Å²) in [5.74, 6) is -0.143.